The molecule has 2 saturated carbocycles. The summed E-state index contributed by atoms with van der Waals surface area (Å²) < 4.78 is 30.2. The normalized spacial score (nSPS) is 32.2. The largest absolute Gasteiger partial charge is 0.456 e. The Hall–Kier alpha value is -5.26. The van der Waals surface area contributed by atoms with Crippen LogP contribution in [0.1, 0.15) is 86.0 Å². The first-order valence-electron chi connectivity index (χ1n) is 20.0. The van der Waals surface area contributed by atoms with E-state index < -0.39 is 113 Å². The van der Waals surface area contributed by atoms with Gasteiger partial charge in [-0.05, 0) is 54.1 Å². The number of Topliss-reactive ketones (excluding diaryl/α,β-unsaturated/α-hetero) is 1. The van der Waals surface area contributed by atoms with Gasteiger partial charge in [-0.25, -0.2) is 9.59 Å². The second kappa shape index (κ2) is 16.2. The van der Waals surface area contributed by atoms with Crippen LogP contribution in [0.3, 0.4) is 0 Å². The smallest absolute Gasteiger partial charge is 0.348 e. The number of rotatable bonds is 10. The van der Waals surface area contributed by atoms with Crippen molar-refractivity contribution in [1.82, 2.24) is 5.32 Å². The third-order valence-corrected chi connectivity index (χ3v) is 14.0. The van der Waals surface area contributed by atoms with Gasteiger partial charge in [-0.1, -0.05) is 68.4 Å². The number of carbonyl (C=O) groups is 6. The van der Waals surface area contributed by atoms with Gasteiger partial charge < -0.3 is 44.3 Å². The number of amides is 1. The first-order chi connectivity index (χ1) is 28.8. The molecule has 4 aliphatic rings. The van der Waals surface area contributed by atoms with Crippen molar-refractivity contribution in [2.45, 2.75) is 108 Å². The monoisotopic (exact) mass is 859 g/mol. The Kier molecular flexibility index (Phi) is 11.6. The fourth-order valence-electron chi connectivity index (χ4n) is 9.99. The molecule has 1 saturated heterocycles. The average molecular weight is 860 g/mol. The number of carbonyl (C=O) groups excluding carboxylic acids is 6. The summed E-state index contributed by atoms with van der Waals surface area (Å²) in [6.07, 6.45) is -10.4. The zero-order chi connectivity index (χ0) is 44.2. The van der Waals surface area contributed by atoms with E-state index in [4.69, 9.17) is 23.7 Å². The summed E-state index contributed by atoms with van der Waals surface area (Å²) in [6.45, 7) is 7.99. The number of ether oxygens (including phenoxy) is 5. The molecule has 7 rings (SSSR count). The Morgan fingerprint density at radius 3 is 2.13 bits per heavy atom. The summed E-state index contributed by atoms with van der Waals surface area (Å²) in [4.78, 5) is 83.3. The molecule has 11 atom stereocenters. The quantitative estimate of drug-likeness (QED) is 0.130. The Morgan fingerprint density at radius 1 is 0.902 bits per heavy atom. The number of ketones is 1. The maximum absolute atomic E-state index is 15.4. The van der Waals surface area contributed by atoms with E-state index in [1.54, 1.807) is 86.0 Å². The van der Waals surface area contributed by atoms with Crippen molar-refractivity contribution in [2.24, 2.45) is 16.7 Å². The summed E-state index contributed by atoms with van der Waals surface area (Å²) in [7, 11) is 0. The van der Waals surface area contributed by atoms with Crippen LogP contribution in [0.4, 0.5) is 0 Å². The van der Waals surface area contributed by atoms with E-state index in [2.05, 4.69) is 5.32 Å². The minimum absolute atomic E-state index is 0.00305. The highest BCUT2D eigenvalue weighted by atomic mass is 32.1. The van der Waals surface area contributed by atoms with Crippen molar-refractivity contribution in [2.75, 3.05) is 6.61 Å². The van der Waals surface area contributed by atoms with Crippen LogP contribution in [0, 0.1) is 16.7 Å². The molecule has 15 nitrogen and oxygen atoms in total. The molecule has 3 fully saturated rings. The number of esters is 4. The number of hydrogen-bond donors (Lipinski definition) is 4. The molecule has 4 N–H and O–H groups in total. The van der Waals surface area contributed by atoms with Crippen LogP contribution < -0.4 is 5.32 Å². The van der Waals surface area contributed by atoms with Crippen molar-refractivity contribution in [1.29, 1.82) is 0 Å². The maximum atomic E-state index is 15.4. The molecule has 2 heterocycles. The molecule has 1 unspecified atom stereocenters. The van der Waals surface area contributed by atoms with E-state index in [9.17, 15) is 39.3 Å². The SMILES string of the molecule is CC(=O)O[C@H]1C(=O)[C@]2(C)[C@@H](O)CC3OC[C@@]3(OC(C)=O)[C@H]2[C@H](OC(=O)c2cccs2)[C@]2(O)C[C@H](OC(=O)[C@H](O)[C@@H](NC(=O)c3ccccc3)c3ccccc3)C(C)=C1C2(C)C. The lowest BCUT2D eigenvalue weighted by atomic mass is 9.44. The minimum atomic E-state index is -2.37. The molecule has 0 spiro atoms. The predicted molar refractivity (Wildman–Crippen MR) is 216 cm³/mol. The Labute approximate surface area is 356 Å². The van der Waals surface area contributed by atoms with E-state index in [0.29, 0.717) is 5.56 Å². The Morgan fingerprint density at radius 2 is 1.56 bits per heavy atom. The van der Waals surface area contributed by atoms with Gasteiger partial charge in [0, 0.05) is 37.7 Å². The van der Waals surface area contributed by atoms with Crippen LogP contribution in [0.2, 0.25) is 0 Å². The summed E-state index contributed by atoms with van der Waals surface area (Å²) in [5.74, 6) is -6.77. The Bertz CT molecular complexity index is 2240. The molecular weight excluding hydrogens is 811 g/mol. The fraction of sp³-hybridized carbons (Fsp3) is 0.467. The highest BCUT2D eigenvalue weighted by Crippen LogP contribution is 2.64. The minimum Gasteiger partial charge on any atom is -0.456 e. The highest BCUT2D eigenvalue weighted by Gasteiger charge is 2.78. The molecule has 1 amide bonds. The molecule has 16 heteroatoms. The second-order valence-electron chi connectivity index (χ2n) is 17.0. The Balaban J connectivity index is 1.38. The molecule has 2 bridgehead atoms. The van der Waals surface area contributed by atoms with E-state index in [1.807, 2.05) is 0 Å². The molecule has 3 aromatic rings. The number of benzene rings is 2. The average Bonchev–Trinajstić information content (AvgIpc) is 3.77. The van der Waals surface area contributed by atoms with E-state index >= 15 is 4.79 Å². The van der Waals surface area contributed by atoms with Gasteiger partial charge in [0.25, 0.3) is 5.91 Å². The molecule has 3 aliphatic carbocycles. The third kappa shape index (κ3) is 7.27. The highest BCUT2D eigenvalue weighted by molar-refractivity contribution is 7.11. The number of aliphatic hydroxyl groups excluding tert-OH is 2. The van der Waals surface area contributed by atoms with Crippen LogP contribution in [0.25, 0.3) is 0 Å². The standard InChI is InChI=1S/C45H49NO14S/c1-23-28(58-41(54)34(50)33(26-14-9-7-10-15-26)46-39(52)27-16-11-8-12-17-27)21-45(55)38(59-40(53)29-18-13-19-61-29)36-43(6,30(49)20-31-44(36,22-56-31)60-25(3)48)37(51)35(57-24(2)47)32(23)42(45,4)5/h7-19,28,30-31,33-36,38,49-50,55H,20-22H2,1-6H3,(H,46,52)/t28-,30-,31?,33-,34+,35+,36-,38-,43+,44-,45+/m0/s1. The summed E-state index contributed by atoms with van der Waals surface area (Å²) in [6, 6.07) is 18.2. The van der Waals surface area contributed by atoms with E-state index in [1.165, 1.54) is 19.9 Å². The van der Waals surface area contributed by atoms with Crippen LogP contribution in [0.15, 0.2) is 89.3 Å². The van der Waals surface area contributed by atoms with Crippen molar-refractivity contribution in [3.63, 3.8) is 0 Å². The lowest BCUT2D eigenvalue weighted by Crippen LogP contribution is -2.82. The van der Waals surface area contributed by atoms with Gasteiger partial charge in [0.15, 0.2) is 23.6 Å². The zero-order valence-electron chi connectivity index (χ0n) is 34.5. The van der Waals surface area contributed by atoms with Gasteiger partial charge >= 0.3 is 23.9 Å². The molecule has 0 radical (unpaired) electrons. The lowest BCUT2D eigenvalue weighted by Gasteiger charge is -2.67. The first-order valence-corrected chi connectivity index (χ1v) is 20.8. The van der Waals surface area contributed by atoms with Crippen LogP contribution in [-0.2, 0) is 42.9 Å². The number of aliphatic hydroxyl groups is 3. The van der Waals surface area contributed by atoms with Gasteiger partial charge in [-0.2, -0.15) is 0 Å². The molecule has 61 heavy (non-hydrogen) atoms. The number of hydrogen-bond acceptors (Lipinski definition) is 15. The number of fused-ring (bicyclic) bond motifs is 5. The first kappa shape index (κ1) is 43.8. The summed E-state index contributed by atoms with van der Waals surface area (Å²) in [5.41, 5.74) is -7.02. The van der Waals surface area contributed by atoms with Crippen molar-refractivity contribution in [3.05, 3.63) is 105 Å². The third-order valence-electron chi connectivity index (χ3n) is 13.2. The number of thiophene rings is 1. The summed E-state index contributed by atoms with van der Waals surface area (Å²) in [5, 5.41) is 41.8. The van der Waals surface area contributed by atoms with Gasteiger partial charge in [-0.15, -0.1) is 11.3 Å². The van der Waals surface area contributed by atoms with Crippen molar-refractivity contribution >= 4 is 46.9 Å². The molecule has 1 aliphatic heterocycles. The van der Waals surface area contributed by atoms with Gasteiger partial charge in [0.2, 0.25) is 0 Å². The van der Waals surface area contributed by atoms with Gasteiger partial charge in [0.05, 0.1) is 30.1 Å². The van der Waals surface area contributed by atoms with Crippen LogP contribution in [-0.4, -0.2) is 105 Å². The van der Waals surface area contributed by atoms with E-state index in [0.717, 1.165) is 25.2 Å². The summed E-state index contributed by atoms with van der Waals surface area (Å²) >= 11 is 1.05. The maximum Gasteiger partial charge on any atom is 0.348 e. The molecule has 324 valence electrons. The lowest BCUT2D eigenvalue weighted by molar-refractivity contribution is -0.346. The van der Waals surface area contributed by atoms with Crippen molar-refractivity contribution < 1.29 is 67.8 Å². The second-order valence-corrected chi connectivity index (χ2v) is 17.9. The number of nitrogens with one attached hydrogen (secondary N) is 1. The fourth-order valence-corrected chi connectivity index (χ4v) is 10.6. The zero-order valence-corrected chi connectivity index (χ0v) is 35.3. The van der Waals surface area contributed by atoms with Gasteiger partial charge in [0.1, 0.15) is 28.8 Å². The van der Waals surface area contributed by atoms with E-state index in [-0.39, 0.29) is 34.6 Å². The van der Waals surface area contributed by atoms with Gasteiger partial charge in [-0.3, -0.25) is 19.2 Å². The van der Waals surface area contributed by atoms with Crippen LogP contribution in [0.5, 0.6) is 0 Å². The van der Waals surface area contributed by atoms with Crippen LogP contribution >= 0.6 is 11.3 Å². The molecule has 2 aromatic carbocycles. The molecule has 1 aromatic heterocycles. The predicted octanol–water partition coefficient (Wildman–Crippen LogP) is 3.80. The molecular formula is C45H49NO14S. The van der Waals surface area contributed by atoms with Crippen molar-refractivity contribution in [3.8, 4) is 0 Å². The topological polar surface area (TPSA) is 221 Å².